The first-order valence-electron chi connectivity index (χ1n) is 6.96. The van der Waals surface area contributed by atoms with Crippen LogP contribution < -0.4 is 0 Å². The molecule has 1 heterocycles. The van der Waals surface area contributed by atoms with Crippen LogP contribution in [0.15, 0.2) is 16.6 Å². The van der Waals surface area contributed by atoms with Crippen LogP contribution >= 0.6 is 0 Å². The lowest BCUT2D eigenvalue weighted by molar-refractivity contribution is 0.0224. The van der Waals surface area contributed by atoms with Gasteiger partial charge in [-0.05, 0) is 33.1 Å². The van der Waals surface area contributed by atoms with E-state index >= 15 is 0 Å². The predicted molar refractivity (Wildman–Crippen MR) is 73.8 cm³/mol. The van der Waals surface area contributed by atoms with Gasteiger partial charge in [0, 0.05) is 11.5 Å². The Bertz CT molecular complexity index is 588. The van der Waals surface area contributed by atoms with Crippen molar-refractivity contribution in [3.05, 3.63) is 34.8 Å². The summed E-state index contributed by atoms with van der Waals surface area (Å²) in [5.74, 6) is 1.31. The van der Waals surface area contributed by atoms with Gasteiger partial charge in [0.05, 0.1) is 18.6 Å². The molecule has 2 aliphatic rings. The standard InChI is InChI=1S/C16H20O4/c1-8-11(15(17)19-4)12-9-5-6-10(7-9)13(14(12)20-8)16(2,3)18/h5-6,9-10,13,18H,7H2,1-4H3. The number of allylic oxidation sites excluding steroid dienone is 2. The lowest BCUT2D eigenvalue weighted by atomic mass is 9.70. The van der Waals surface area contributed by atoms with Gasteiger partial charge in [-0.3, -0.25) is 0 Å². The number of carbonyl (C=O) groups excluding carboxylic acids is 1. The minimum Gasteiger partial charge on any atom is -0.465 e. The summed E-state index contributed by atoms with van der Waals surface area (Å²) in [6, 6.07) is 0. The van der Waals surface area contributed by atoms with Crippen molar-refractivity contribution in [2.24, 2.45) is 5.92 Å². The molecule has 3 atom stereocenters. The molecule has 0 amide bonds. The number of furan rings is 1. The van der Waals surface area contributed by atoms with E-state index in [9.17, 15) is 9.90 Å². The topological polar surface area (TPSA) is 59.7 Å². The van der Waals surface area contributed by atoms with Gasteiger partial charge in [0.2, 0.25) is 0 Å². The Kier molecular flexibility index (Phi) is 2.83. The monoisotopic (exact) mass is 276 g/mol. The normalized spacial score (nSPS) is 27.6. The summed E-state index contributed by atoms with van der Waals surface area (Å²) in [6.45, 7) is 5.37. The zero-order chi connectivity index (χ0) is 14.7. The van der Waals surface area contributed by atoms with E-state index in [-0.39, 0.29) is 23.7 Å². The molecule has 1 aromatic heterocycles. The quantitative estimate of drug-likeness (QED) is 0.666. The van der Waals surface area contributed by atoms with Crippen LogP contribution in [0.1, 0.15) is 59.5 Å². The highest BCUT2D eigenvalue weighted by Gasteiger charge is 2.48. The fourth-order valence-electron chi connectivity index (χ4n) is 3.77. The molecule has 20 heavy (non-hydrogen) atoms. The molecular formula is C16H20O4. The summed E-state index contributed by atoms with van der Waals surface area (Å²) >= 11 is 0. The lowest BCUT2D eigenvalue weighted by Gasteiger charge is -2.36. The van der Waals surface area contributed by atoms with Gasteiger partial charge in [0.1, 0.15) is 17.1 Å². The summed E-state index contributed by atoms with van der Waals surface area (Å²) in [7, 11) is 1.38. The highest BCUT2D eigenvalue weighted by molar-refractivity contribution is 5.93. The third-order valence-electron chi connectivity index (χ3n) is 4.50. The zero-order valence-corrected chi connectivity index (χ0v) is 12.3. The van der Waals surface area contributed by atoms with E-state index < -0.39 is 5.60 Å². The van der Waals surface area contributed by atoms with Gasteiger partial charge in [-0.1, -0.05) is 12.2 Å². The van der Waals surface area contributed by atoms with Crippen LogP contribution in [-0.2, 0) is 4.74 Å². The Labute approximate surface area is 118 Å². The SMILES string of the molecule is COC(=O)c1c(C)oc2c1C1C=CC(C1)C2C(C)(C)O. The molecule has 0 radical (unpaired) electrons. The first-order chi connectivity index (χ1) is 9.34. The Morgan fingerprint density at radius 2 is 2.15 bits per heavy atom. The number of carbonyl (C=O) groups is 1. The van der Waals surface area contributed by atoms with Crippen LogP contribution in [0, 0.1) is 12.8 Å². The van der Waals surface area contributed by atoms with Crippen molar-refractivity contribution in [1.29, 1.82) is 0 Å². The Morgan fingerprint density at radius 1 is 1.45 bits per heavy atom. The maximum Gasteiger partial charge on any atom is 0.341 e. The van der Waals surface area contributed by atoms with Crippen molar-refractivity contribution in [3.63, 3.8) is 0 Å². The van der Waals surface area contributed by atoms with Crippen LogP contribution in [0.3, 0.4) is 0 Å². The largest absolute Gasteiger partial charge is 0.465 e. The average molecular weight is 276 g/mol. The fraction of sp³-hybridized carbons (Fsp3) is 0.562. The molecule has 0 spiro atoms. The number of esters is 1. The molecule has 0 aliphatic heterocycles. The number of fused-ring (bicyclic) bond motifs is 4. The number of methoxy groups -OCH3 is 1. The second kappa shape index (κ2) is 4.22. The van der Waals surface area contributed by atoms with Crippen molar-refractivity contribution in [2.75, 3.05) is 7.11 Å². The zero-order valence-electron chi connectivity index (χ0n) is 12.3. The molecule has 0 fully saturated rings. The number of rotatable bonds is 2. The Hall–Kier alpha value is -1.55. The van der Waals surface area contributed by atoms with Crippen molar-refractivity contribution in [1.82, 2.24) is 0 Å². The lowest BCUT2D eigenvalue weighted by Crippen LogP contribution is -2.35. The predicted octanol–water partition coefficient (Wildman–Crippen LogP) is 2.90. The molecule has 4 nitrogen and oxygen atoms in total. The molecule has 108 valence electrons. The molecular weight excluding hydrogens is 256 g/mol. The van der Waals surface area contributed by atoms with Gasteiger partial charge in [-0.2, -0.15) is 0 Å². The smallest absolute Gasteiger partial charge is 0.341 e. The van der Waals surface area contributed by atoms with Crippen molar-refractivity contribution in [2.45, 2.75) is 44.6 Å². The summed E-state index contributed by atoms with van der Waals surface area (Å²) in [6.07, 6.45) is 5.18. The van der Waals surface area contributed by atoms with E-state index in [0.717, 1.165) is 17.7 Å². The number of hydrogen-bond acceptors (Lipinski definition) is 4. The third kappa shape index (κ3) is 1.74. The molecule has 1 N–H and O–H groups in total. The van der Waals surface area contributed by atoms with Crippen LogP contribution in [0.4, 0.5) is 0 Å². The van der Waals surface area contributed by atoms with E-state index in [1.54, 1.807) is 20.8 Å². The Balaban J connectivity index is 2.22. The summed E-state index contributed by atoms with van der Waals surface area (Å²) in [5, 5.41) is 10.5. The molecule has 0 saturated heterocycles. The second-order valence-electron chi connectivity index (χ2n) is 6.33. The van der Waals surface area contributed by atoms with E-state index in [1.807, 2.05) is 0 Å². The van der Waals surface area contributed by atoms with Crippen molar-refractivity contribution >= 4 is 5.97 Å². The third-order valence-corrected chi connectivity index (χ3v) is 4.50. The minimum absolute atomic E-state index is 0.121. The minimum atomic E-state index is -0.892. The average Bonchev–Trinajstić information content (AvgIpc) is 2.90. The molecule has 3 rings (SSSR count). The maximum atomic E-state index is 12.0. The number of hydrogen-bond donors (Lipinski definition) is 1. The number of ether oxygens (including phenoxy) is 1. The van der Waals surface area contributed by atoms with Gasteiger partial charge in [-0.25, -0.2) is 4.79 Å². The van der Waals surface area contributed by atoms with Gasteiger partial charge in [0.25, 0.3) is 0 Å². The first kappa shape index (κ1) is 13.4. The maximum absolute atomic E-state index is 12.0. The number of aliphatic hydroxyl groups is 1. The van der Waals surface area contributed by atoms with Crippen LogP contribution in [-0.4, -0.2) is 23.8 Å². The first-order valence-corrected chi connectivity index (χ1v) is 6.96. The summed E-state index contributed by atoms with van der Waals surface area (Å²) in [4.78, 5) is 12.0. The second-order valence-corrected chi connectivity index (χ2v) is 6.33. The van der Waals surface area contributed by atoms with Crippen LogP contribution in [0.5, 0.6) is 0 Å². The summed E-state index contributed by atoms with van der Waals surface area (Å²) in [5.41, 5.74) is 0.551. The number of aryl methyl sites for hydroxylation is 1. The molecule has 0 saturated carbocycles. The highest BCUT2D eigenvalue weighted by atomic mass is 16.5. The van der Waals surface area contributed by atoms with Crippen LogP contribution in [0.2, 0.25) is 0 Å². The molecule has 4 heteroatoms. The molecule has 2 bridgehead atoms. The van der Waals surface area contributed by atoms with E-state index in [1.165, 1.54) is 7.11 Å². The van der Waals surface area contributed by atoms with E-state index in [0.29, 0.717) is 11.3 Å². The Morgan fingerprint density at radius 3 is 2.75 bits per heavy atom. The van der Waals surface area contributed by atoms with Gasteiger partial charge >= 0.3 is 5.97 Å². The molecule has 0 aromatic carbocycles. The van der Waals surface area contributed by atoms with Gasteiger partial charge in [0.15, 0.2) is 0 Å². The summed E-state index contributed by atoms with van der Waals surface area (Å²) < 4.78 is 10.8. The van der Waals surface area contributed by atoms with Crippen molar-refractivity contribution < 1.29 is 19.1 Å². The molecule has 1 aromatic rings. The van der Waals surface area contributed by atoms with Gasteiger partial charge < -0.3 is 14.3 Å². The van der Waals surface area contributed by atoms with E-state index in [4.69, 9.17) is 9.15 Å². The highest BCUT2D eigenvalue weighted by Crippen LogP contribution is 2.54. The van der Waals surface area contributed by atoms with Crippen molar-refractivity contribution in [3.8, 4) is 0 Å². The van der Waals surface area contributed by atoms with E-state index in [2.05, 4.69) is 12.2 Å². The molecule has 2 aliphatic carbocycles. The van der Waals surface area contributed by atoms with Crippen LogP contribution in [0.25, 0.3) is 0 Å². The molecule has 3 unspecified atom stereocenters. The van der Waals surface area contributed by atoms with Gasteiger partial charge in [-0.15, -0.1) is 0 Å². The fourth-order valence-corrected chi connectivity index (χ4v) is 3.77.